The summed E-state index contributed by atoms with van der Waals surface area (Å²) in [6.07, 6.45) is -4.77. The van der Waals surface area contributed by atoms with Crippen LogP contribution >= 0.6 is 0 Å². The topological polar surface area (TPSA) is 59.1 Å². The zero-order valence-corrected chi connectivity index (χ0v) is 13.2. The maximum absolute atomic E-state index is 12.6. The van der Waals surface area contributed by atoms with E-state index < -0.39 is 18.1 Å². The highest BCUT2D eigenvalue weighted by Gasteiger charge is 2.42. The van der Waals surface area contributed by atoms with Gasteiger partial charge in [-0.3, -0.25) is 14.5 Å². The van der Waals surface area contributed by atoms with Gasteiger partial charge in [-0.2, -0.15) is 13.2 Å². The minimum absolute atomic E-state index is 0.0465. The molecule has 23 heavy (non-hydrogen) atoms. The minimum atomic E-state index is -4.94. The number of amides is 1. The van der Waals surface area contributed by atoms with E-state index in [9.17, 15) is 22.8 Å². The molecule has 0 atom stereocenters. The van der Waals surface area contributed by atoms with Gasteiger partial charge in [-0.25, -0.2) is 0 Å². The third-order valence-corrected chi connectivity index (χ3v) is 3.43. The summed E-state index contributed by atoms with van der Waals surface area (Å²) in [6, 6.07) is 0. The molecule has 0 aromatic rings. The summed E-state index contributed by atoms with van der Waals surface area (Å²) in [5.74, 6) is -2.52. The van der Waals surface area contributed by atoms with Crippen molar-refractivity contribution in [3.05, 3.63) is 0 Å². The predicted octanol–water partition coefficient (Wildman–Crippen LogP) is 1.05. The van der Waals surface area contributed by atoms with E-state index in [-0.39, 0.29) is 26.1 Å². The summed E-state index contributed by atoms with van der Waals surface area (Å²) in [4.78, 5) is 25.5. The Labute approximate surface area is 133 Å². The van der Waals surface area contributed by atoms with Gasteiger partial charge in [-0.1, -0.05) is 0 Å². The largest absolute Gasteiger partial charge is 0.471 e. The standard InChI is InChI=1S/C14H23F3N2O4/c1-2-23-12(20)4-7-19(13(21)14(15,16)17)6-3-5-18-8-10-22-11-9-18/h2-11H2,1H3. The molecule has 6 nitrogen and oxygen atoms in total. The van der Waals surface area contributed by atoms with Crippen LogP contribution in [-0.4, -0.2) is 80.4 Å². The van der Waals surface area contributed by atoms with Gasteiger partial charge in [0.05, 0.1) is 26.2 Å². The van der Waals surface area contributed by atoms with Crippen molar-refractivity contribution in [2.75, 3.05) is 52.5 Å². The van der Waals surface area contributed by atoms with Gasteiger partial charge < -0.3 is 14.4 Å². The quantitative estimate of drug-likeness (QED) is 0.618. The summed E-state index contributed by atoms with van der Waals surface area (Å²) < 4.78 is 47.7. The number of hydrogen-bond donors (Lipinski definition) is 0. The van der Waals surface area contributed by atoms with Crippen molar-refractivity contribution in [3.8, 4) is 0 Å². The molecule has 1 fully saturated rings. The Morgan fingerprint density at radius 2 is 1.87 bits per heavy atom. The third kappa shape index (κ3) is 7.65. The van der Waals surface area contributed by atoms with Crippen LogP contribution in [0.3, 0.4) is 0 Å². The van der Waals surface area contributed by atoms with Crippen molar-refractivity contribution in [1.82, 2.24) is 9.80 Å². The number of carbonyl (C=O) groups excluding carboxylic acids is 2. The van der Waals surface area contributed by atoms with Gasteiger partial charge in [-0.05, 0) is 13.3 Å². The van der Waals surface area contributed by atoms with E-state index in [1.165, 1.54) is 0 Å². The Morgan fingerprint density at radius 3 is 2.43 bits per heavy atom. The average Bonchev–Trinajstić information content (AvgIpc) is 2.50. The lowest BCUT2D eigenvalue weighted by Gasteiger charge is -2.28. The van der Waals surface area contributed by atoms with Crippen molar-refractivity contribution < 1.29 is 32.2 Å². The van der Waals surface area contributed by atoms with E-state index in [0.29, 0.717) is 31.1 Å². The smallest absolute Gasteiger partial charge is 0.466 e. The third-order valence-electron chi connectivity index (χ3n) is 3.43. The van der Waals surface area contributed by atoms with E-state index in [2.05, 4.69) is 9.64 Å². The van der Waals surface area contributed by atoms with E-state index in [1.807, 2.05) is 0 Å². The van der Waals surface area contributed by atoms with Crippen LogP contribution in [0.5, 0.6) is 0 Å². The van der Waals surface area contributed by atoms with Gasteiger partial charge in [0.25, 0.3) is 0 Å². The highest BCUT2D eigenvalue weighted by molar-refractivity contribution is 5.82. The molecule has 0 spiro atoms. The molecule has 1 rings (SSSR count). The van der Waals surface area contributed by atoms with Crippen LogP contribution in [-0.2, 0) is 19.1 Å². The number of halogens is 3. The van der Waals surface area contributed by atoms with Gasteiger partial charge in [0, 0.05) is 32.7 Å². The Kier molecular flexibility index (Phi) is 8.32. The molecular weight excluding hydrogens is 317 g/mol. The number of hydrogen-bond acceptors (Lipinski definition) is 5. The van der Waals surface area contributed by atoms with Crippen LogP contribution in [0, 0.1) is 0 Å². The second kappa shape index (κ2) is 9.71. The number of ether oxygens (including phenoxy) is 2. The van der Waals surface area contributed by atoms with Gasteiger partial charge in [0.1, 0.15) is 0 Å². The van der Waals surface area contributed by atoms with Gasteiger partial charge in [0.15, 0.2) is 0 Å². The second-order valence-corrected chi connectivity index (χ2v) is 5.15. The number of carbonyl (C=O) groups is 2. The average molecular weight is 340 g/mol. The summed E-state index contributed by atoms with van der Waals surface area (Å²) in [7, 11) is 0. The van der Waals surface area contributed by atoms with Crippen molar-refractivity contribution in [3.63, 3.8) is 0 Å². The molecule has 134 valence electrons. The maximum Gasteiger partial charge on any atom is 0.471 e. The lowest BCUT2D eigenvalue weighted by molar-refractivity contribution is -0.185. The summed E-state index contributed by atoms with van der Waals surface area (Å²) >= 11 is 0. The normalized spacial score (nSPS) is 16.2. The first-order valence-electron chi connectivity index (χ1n) is 7.66. The van der Waals surface area contributed by atoms with Crippen LogP contribution in [0.25, 0.3) is 0 Å². The summed E-state index contributed by atoms with van der Waals surface area (Å²) in [6.45, 7) is 4.69. The minimum Gasteiger partial charge on any atom is -0.466 e. The molecule has 0 aliphatic carbocycles. The van der Waals surface area contributed by atoms with Crippen molar-refractivity contribution in [2.45, 2.75) is 25.9 Å². The van der Waals surface area contributed by atoms with Crippen molar-refractivity contribution >= 4 is 11.9 Å². The SMILES string of the molecule is CCOC(=O)CCN(CCCN1CCOCC1)C(=O)C(F)(F)F. The van der Waals surface area contributed by atoms with Crippen LogP contribution in [0.4, 0.5) is 13.2 Å². The Morgan fingerprint density at radius 1 is 1.22 bits per heavy atom. The van der Waals surface area contributed by atoms with E-state index in [4.69, 9.17) is 4.74 Å². The lowest BCUT2D eigenvalue weighted by atomic mass is 10.3. The van der Waals surface area contributed by atoms with Crippen LogP contribution in [0.2, 0.25) is 0 Å². The predicted molar refractivity (Wildman–Crippen MR) is 75.8 cm³/mol. The second-order valence-electron chi connectivity index (χ2n) is 5.15. The molecule has 0 bridgehead atoms. The molecule has 1 amide bonds. The number of esters is 1. The number of nitrogens with zero attached hydrogens (tertiary/aromatic N) is 2. The molecule has 1 aliphatic rings. The highest BCUT2D eigenvalue weighted by atomic mass is 19.4. The summed E-state index contributed by atoms with van der Waals surface area (Å²) in [5, 5.41) is 0. The number of morpholine rings is 1. The monoisotopic (exact) mass is 340 g/mol. The first kappa shape index (κ1) is 19.7. The number of rotatable bonds is 8. The van der Waals surface area contributed by atoms with Crippen molar-refractivity contribution in [2.24, 2.45) is 0 Å². The zero-order chi connectivity index (χ0) is 17.3. The molecule has 0 aromatic heterocycles. The Bertz CT molecular complexity index is 385. The van der Waals surface area contributed by atoms with Crippen LogP contribution < -0.4 is 0 Å². The first-order chi connectivity index (χ1) is 10.8. The molecule has 9 heteroatoms. The van der Waals surface area contributed by atoms with Crippen molar-refractivity contribution in [1.29, 1.82) is 0 Å². The molecule has 0 radical (unpaired) electrons. The van der Waals surface area contributed by atoms with E-state index in [1.54, 1.807) is 6.92 Å². The van der Waals surface area contributed by atoms with E-state index in [0.717, 1.165) is 13.1 Å². The van der Waals surface area contributed by atoms with Gasteiger partial charge in [0.2, 0.25) is 0 Å². The molecule has 0 N–H and O–H groups in total. The fourth-order valence-corrected chi connectivity index (χ4v) is 2.26. The number of alkyl halides is 3. The Hall–Kier alpha value is -1.35. The van der Waals surface area contributed by atoms with Gasteiger partial charge >= 0.3 is 18.1 Å². The van der Waals surface area contributed by atoms with Crippen LogP contribution in [0.15, 0.2) is 0 Å². The summed E-state index contributed by atoms with van der Waals surface area (Å²) in [5.41, 5.74) is 0. The lowest BCUT2D eigenvalue weighted by Crippen LogP contribution is -2.44. The molecular formula is C14H23F3N2O4. The molecule has 0 unspecified atom stereocenters. The zero-order valence-electron chi connectivity index (χ0n) is 13.2. The first-order valence-corrected chi connectivity index (χ1v) is 7.66. The fourth-order valence-electron chi connectivity index (χ4n) is 2.26. The molecule has 1 heterocycles. The molecule has 1 aliphatic heterocycles. The maximum atomic E-state index is 12.6. The van der Waals surface area contributed by atoms with E-state index >= 15 is 0 Å². The molecule has 0 aromatic carbocycles. The van der Waals surface area contributed by atoms with Crippen LogP contribution in [0.1, 0.15) is 19.8 Å². The van der Waals surface area contributed by atoms with Gasteiger partial charge in [-0.15, -0.1) is 0 Å². The fraction of sp³-hybridized carbons (Fsp3) is 0.857. The highest BCUT2D eigenvalue weighted by Crippen LogP contribution is 2.19. The molecule has 1 saturated heterocycles. The molecule has 0 saturated carbocycles. The Balaban J connectivity index is 2.46.